The quantitative estimate of drug-likeness (QED) is 0.557. The average molecular weight is 170 g/mol. The smallest absolute Gasteiger partial charge is 0.212 e. The molecule has 66 valence electrons. The molecule has 0 heterocycles. The highest BCUT2D eigenvalue weighted by Crippen LogP contribution is 2.30. The molecular weight excluding hydrogens is 160 g/mol. The van der Waals surface area contributed by atoms with Gasteiger partial charge in [0, 0.05) is 0 Å². The first-order valence-electron chi connectivity index (χ1n) is 3.28. The summed E-state index contributed by atoms with van der Waals surface area (Å²) in [6, 6.07) is 0. The third-order valence-corrected chi connectivity index (χ3v) is 1.29. The molecule has 0 bridgehead atoms. The number of halogens is 4. The normalized spacial score (nSPS) is 16.7. The summed E-state index contributed by atoms with van der Waals surface area (Å²) >= 11 is 0. The Balaban J connectivity index is 4.31. The SMILES string of the molecule is CCC(C=C(C)F)C(F)(F)F. The van der Waals surface area contributed by atoms with Crippen LogP contribution in [0.3, 0.4) is 0 Å². The van der Waals surface area contributed by atoms with E-state index in [1.54, 1.807) is 0 Å². The van der Waals surface area contributed by atoms with Crippen molar-refractivity contribution in [2.75, 3.05) is 0 Å². The maximum Gasteiger partial charge on any atom is 0.395 e. The molecule has 1 atom stereocenters. The van der Waals surface area contributed by atoms with Crippen LogP contribution in [0.2, 0.25) is 0 Å². The van der Waals surface area contributed by atoms with Gasteiger partial charge < -0.3 is 0 Å². The first-order chi connectivity index (χ1) is 4.88. The Hall–Kier alpha value is -0.540. The van der Waals surface area contributed by atoms with Gasteiger partial charge in [0.15, 0.2) is 0 Å². The van der Waals surface area contributed by atoms with Crippen molar-refractivity contribution in [2.45, 2.75) is 26.4 Å². The maximum atomic E-state index is 12.0. The first kappa shape index (κ1) is 10.5. The highest BCUT2D eigenvalue weighted by molar-refractivity contribution is 4.94. The summed E-state index contributed by atoms with van der Waals surface area (Å²) in [6.07, 6.45) is -3.84. The van der Waals surface area contributed by atoms with Crippen LogP contribution in [0, 0.1) is 5.92 Å². The molecule has 0 rings (SSSR count). The number of alkyl halides is 3. The lowest BCUT2D eigenvalue weighted by atomic mass is 10.1. The van der Waals surface area contributed by atoms with E-state index in [2.05, 4.69) is 0 Å². The molecule has 0 aromatic heterocycles. The molecule has 1 unspecified atom stereocenters. The van der Waals surface area contributed by atoms with Gasteiger partial charge in [-0.3, -0.25) is 0 Å². The van der Waals surface area contributed by atoms with Gasteiger partial charge in [0.25, 0.3) is 0 Å². The zero-order valence-electron chi connectivity index (χ0n) is 6.37. The van der Waals surface area contributed by atoms with Gasteiger partial charge in [-0.15, -0.1) is 0 Å². The third-order valence-electron chi connectivity index (χ3n) is 1.29. The molecule has 0 fully saturated rings. The maximum absolute atomic E-state index is 12.0. The summed E-state index contributed by atoms with van der Waals surface area (Å²) in [5.74, 6) is -2.43. The topological polar surface area (TPSA) is 0 Å². The molecule has 4 heteroatoms. The molecule has 0 radical (unpaired) electrons. The van der Waals surface area contributed by atoms with Crippen LogP contribution in [0.15, 0.2) is 11.9 Å². The largest absolute Gasteiger partial charge is 0.395 e. The van der Waals surface area contributed by atoms with E-state index in [4.69, 9.17) is 0 Å². The second-order valence-electron chi connectivity index (χ2n) is 2.31. The van der Waals surface area contributed by atoms with Gasteiger partial charge >= 0.3 is 6.18 Å². The minimum Gasteiger partial charge on any atom is -0.212 e. The standard InChI is InChI=1S/C7H10F4/c1-3-6(4-5(2)8)7(9,10)11/h4,6H,3H2,1-2H3. The van der Waals surface area contributed by atoms with Gasteiger partial charge in [-0.25, -0.2) is 4.39 Å². The van der Waals surface area contributed by atoms with Crippen LogP contribution >= 0.6 is 0 Å². The molecule has 0 spiro atoms. The van der Waals surface area contributed by atoms with E-state index in [1.165, 1.54) is 6.92 Å². The van der Waals surface area contributed by atoms with E-state index < -0.39 is 17.9 Å². The summed E-state index contributed by atoms with van der Waals surface area (Å²) in [7, 11) is 0. The van der Waals surface area contributed by atoms with Gasteiger partial charge in [0.2, 0.25) is 0 Å². The zero-order valence-corrected chi connectivity index (χ0v) is 6.37. The lowest BCUT2D eigenvalue weighted by molar-refractivity contribution is -0.161. The van der Waals surface area contributed by atoms with Gasteiger partial charge in [0.05, 0.1) is 11.7 Å². The summed E-state index contributed by atoms with van der Waals surface area (Å²) < 4.78 is 47.6. The number of hydrogen-bond donors (Lipinski definition) is 0. The highest BCUT2D eigenvalue weighted by Gasteiger charge is 2.36. The van der Waals surface area contributed by atoms with E-state index in [0.717, 1.165) is 6.92 Å². The summed E-state index contributed by atoms with van der Waals surface area (Å²) in [6.45, 7) is 2.38. The van der Waals surface area contributed by atoms with E-state index in [1.807, 2.05) is 0 Å². The third kappa shape index (κ3) is 4.01. The molecule has 0 aliphatic heterocycles. The summed E-state index contributed by atoms with van der Waals surface area (Å²) in [4.78, 5) is 0. The minimum absolute atomic E-state index is 0.120. The Morgan fingerprint density at radius 1 is 1.45 bits per heavy atom. The van der Waals surface area contributed by atoms with Crippen LogP contribution in [0.1, 0.15) is 20.3 Å². The molecule has 0 amide bonds. The highest BCUT2D eigenvalue weighted by atomic mass is 19.4. The van der Waals surface area contributed by atoms with Crippen LogP contribution in [0.4, 0.5) is 17.6 Å². The van der Waals surface area contributed by atoms with Crippen molar-refractivity contribution in [2.24, 2.45) is 5.92 Å². The van der Waals surface area contributed by atoms with Crippen molar-refractivity contribution in [1.29, 1.82) is 0 Å². The molecular formula is C7H10F4. The predicted molar refractivity (Wildman–Crippen MR) is 34.7 cm³/mol. The van der Waals surface area contributed by atoms with E-state index in [0.29, 0.717) is 6.08 Å². The van der Waals surface area contributed by atoms with E-state index >= 15 is 0 Å². The van der Waals surface area contributed by atoms with Crippen molar-refractivity contribution in [1.82, 2.24) is 0 Å². The van der Waals surface area contributed by atoms with Crippen molar-refractivity contribution in [3.05, 3.63) is 11.9 Å². The second kappa shape index (κ2) is 3.74. The van der Waals surface area contributed by atoms with Gasteiger partial charge in [0.1, 0.15) is 0 Å². The molecule has 0 saturated carbocycles. The second-order valence-corrected chi connectivity index (χ2v) is 2.31. The van der Waals surface area contributed by atoms with Gasteiger partial charge in [-0.1, -0.05) is 6.92 Å². The molecule has 0 aliphatic rings. The Morgan fingerprint density at radius 3 is 2.00 bits per heavy atom. The number of allylic oxidation sites excluding steroid dienone is 2. The molecule has 0 saturated heterocycles. The monoisotopic (exact) mass is 170 g/mol. The van der Waals surface area contributed by atoms with Crippen LogP contribution in [-0.2, 0) is 0 Å². The van der Waals surface area contributed by atoms with Crippen LogP contribution in [-0.4, -0.2) is 6.18 Å². The Morgan fingerprint density at radius 2 is 1.91 bits per heavy atom. The zero-order chi connectivity index (χ0) is 9.07. The van der Waals surface area contributed by atoms with Gasteiger partial charge in [-0.2, -0.15) is 13.2 Å². The number of rotatable bonds is 2. The fourth-order valence-electron chi connectivity index (χ4n) is 0.721. The summed E-state index contributed by atoms with van der Waals surface area (Å²) in [5, 5.41) is 0. The molecule has 0 aromatic carbocycles. The Bertz CT molecular complexity index is 141. The molecule has 0 N–H and O–H groups in total. The van der Waals surface area contributed by atoms with Crippen molar-refractivity contribution >= 4 is 0 Å². The molecule has 0 aromatic rings. The molecule has 0 aliphatic carbocycles. The predicted octanol–water partition coefficient (Wildman–Crippen LogP) is 3.45. The van der Waals surface area contributed by atoms with Crippen LogP contribution in [0.25, 0.3) is 0 Å². The lowest BCUT2D eigenvalue weighted by Crippen LogP contribution is -2.20. The van der Waals surface area contributed by atoms with E-state index in [-0.39, 0.29) is 6.42 Å². The van der Waals surface area contributed by atoms with Crippen molar-refractivity contribution in [3.8, 4) is 0 Å². The molecule has 11 heavy (non-hydrogen) atoms. The van der Waals surface area contributed by atoms with Crippen molar-refractivity contribution in [3.63, 3.8) is 0 Å². The van der Waals surface area contributed by atoms with E-state index in [9.17, 15) is 17.6 Å². The molecule has 0 nitrogen and oxygen atoms in total. The lowest BCUT2D eigenvalue weighted by Gasteiger charge is -2.13. The fraction of sp³-hybridized carbons (Fsp3) is 0.714. The Kier molecular flexibility index (Phi) is 3.55. The minimum atomic E-state index is -4.32. The Labute approximate surface area is 62.9 Å². The number of hydrogen-bond acceptors (Lipinski definition) is 0. The average Bonchev–Trinajstić information content (AvgIpc) is 1.79. The van der Waals surface area contributed by atoms with Crippen LogP contribution in [0.5, 0.6) is 0 Å². The fourth-order valence-corrected chi connectivity index (χ4v) is 0.721. The van der Waals surface area contributed by atoms with Crippen LogP contribution < -0.4 is 0 Å². The van der Waals surface area contributed by atoms with Gasteiger partial charge in [-0.05, 0) is 19.4 Å². The first-order valence-corrected chi connectivity index (χ1v) is 3.28. The summed E-state index contributed by atoms with van der Waals surface area (Å²) in [5.41, 5.74) is 0. The van der Waals surface area contributed by atoms with Crippen molar-refractivity contribution < 1.29 is 17.6 Å².